The van der Waals surface area contributed by atoms with E-state index in [0.717, 1.165) is 45.3 Å². The third-order valence-electron chi connectivity index (χ3n) is 6.79. The van der Waals surface area contributed by atoms with Crippen molar-refractivity contribution in [3.05, 3.63) is 71.8 Å². The lowest BCUT2D eigenvalue weighted by atomic mass is 9.77. The van der Waals surface area contributed by atoms with Crippen molar-refractivity contribution in [1.82, 2.24) is 9.80 Å². The first-order chi connectivity index (χ1) is 13.7. The Morgan fingerprint density at radius 3 is 2.03 bits per heavy atom. The van der Waals surface area contributed by atoms with Crippen molar-refractivity contribution in [3.8, 4) is 0 Å². The van der Waals surface area contributed by atoms with Crippen molar-refractivity contribution in [3.63, 3.8) is 0 Å². The number of amides is 1. The number of hydrogen-bond donors (Lipinski definition) is 0. The number of nitrogens with zero attached hydrogens (tertiary/aromatic N) is 2. The molecule has 0 spiro atoms. The molecule has 2 aromatic rings. The monoisotopic (exact) mass is 446 g/mol. The zero-order valence-electron chi connectivity index (χ0n) is 17.9. The fraction of sp³-hybridized carbons (Fsp3) is 0.480. The van der Waals surface area contributed by atoms with Gasteiger partial charge < -0.3 is 9.80 Å². The number of likely N-dealkylation sites (N-methyl/N-ethyl adjacent to an activating group) is 1. The molecule has 164 valence electrons. The number of benzene rings is 2. The summed E-state index contributed by atoms with van der Waals surface area (Å²) in [5.41, 5.74) is 2.08. The maximum absolute atomic E-state index is 14.0. The summed E-state index contributed by atoms with van der Waals surface area (Å²) in [5.74, 6) is 0.296. The van der Waals surface area contributed by atoms with Crippen molar-refractivity contribution in [2.45, 2.75) is 50.0 Å². The Morgan fingerprint density at radius 2 is 1.47 bits per heavy atom. The van der Waals surface area contributed by atoms with E-state index in [0.29, 0.717) is 5.91 Å². The maximum Gasteiger partial charge on any atom is 0.233 e. The van der Waals surface area contributed by atoms with Crippen LogP contribution in [0, 0.1) is 0 Å². The average Bonchev–Trinajstić information content (AvgIpc) is 3.45. The topological polar surface area (TPSA) is 23.6 Å². The molecule has 1 atom stereocenters. The molecular formula is C25H35ClN2OS. The molecule has 1 saturated carbocycles. The smallest absolute Gasteiger partial charge is 0.233 e. The van der Waals surface area contributed by atoms with E-state index in [9.17, 15) is 4.79 Å². The maximum atomic E-state index is 14.0. The molecular weight excluding hydrogens is 412 g/mol. The van der Waals surface area contributed by atoms with Crippen LogP contribution in [0.15, 0.2) is 60.7 Å². The van der Waals surface area contributed by atoms with Gasteiger partial charge in [-0.05, 0) is 49.9 Å². The normalized spacial score (nSPS) is 18.8. The molecule has 1 aliphatic heterocycles. The van der Waals surface area contributed by atoms with Gasteiger partial charge in [-0.2, -0.15) is 13.5 Å². The molecule has 0 bridgehead atoms. The fourth-order valence-electron chi connectivity index (χ4n) is 5.18. The molecule has 2 aliphatic rings. The number of hydrogen-bond acceptors (Lipinski definition) is 2. The molecule has 2 fully saturated rings. The van der Waals surface area contributed by atoms with Crippen LogP contribution in [0.4, 0.5) is 0 Å². The molecule has 5 heteroatoms. The van der Waals surface area contributed by atoms with Crippen molar-refractivity contribution in [1.29, 1.82) is 0 Å². The number of carbonyl (C=O) groups excluding carboxylic acids is 1. The van der Waals surface area contributed by atoms with Gasteiger partial charge in [-0.3, -0.25) is 4.79 Å². The zero-order chi connectivity index (χ0) is 19.4. The van der Waals surface area contributed by atoms with Gasteiger partial charge in [0.25, 0.3) is 0 Å². The van der Waals surface area contributed by atoms with E-state index in [4.69, 9.17) is 0 Å². The standard InChI is InChI=1S/C25H32N2O.ClH.H2S/c1-26(23(20-27-18-10-11-19-27)21-12-4-2-5-13-21)24(28)25(16-8-9-17-25)22-14-6-3-7-15-22;;/h2-7,12-15,23H,8-11,16-20H2,1H3;1H;1H2/t23-;;/m1../s1. The van der Waals surface area contributed by atoms with Gasteiger partial charge in [0.2, 0.25) is 5.91 Å². The van der Waals surface area contributed by atoms with Gasteiger partial charge >= 0.3 is 0 Å². The summed E-state index contributed by atoms with van der Waals surface area (Å²) in [5, 5.41) is 0. The van der Waals surface area contributed by atoms with Crippen molar-refractivity contribution < 1.29 is 4.79 Å². The Kier molecular flexibility index (Phi) is 9.27. The molecule has 0 N–H and O–H groups in total. The third kappa shape index (κ3) is 5.04. The summed E-state index contributed by atoms with van der Waals surface area (Å²) in [4.78, 5) is 18.5. The van der Waals surface area contributed by atoms with Gasteiger partial charge in [-0.15, -0.1) is 12.4 Å². The summed E-state index contributed by atoms with van der Waals surface area (Å²) in [6, 6.07) is 21.2. The predicted molar refractivity (Wildman–Crippen MR) is 132 cm³/mol. The number of halogens is 1. The molecule has 0 unspecified atom stereocenters. The summed E-state index contributed by atoms with van der Waals surface area (Å²) in [6.07, 6.45) is 6.74. The highest BCUT2D eigenvalue weighted by atomic mass is 35.5. The van der Waals surface area contributed by atoms with E-state index in [2.05, 4.69) is 64.4 Å². The lowest BCUT2D eigenvalue weighted by molar-refractivity contribution is -0.138. The van der Waals surface area contributed by atoms with Gasteiger partial charge in [-0.25, -0.2) is 0 Å². The zero-order valence-corrected chi connectivity index (χ0v) is 19.7. The van der Waals surface area contributed by atoms with E-state index in [-0.39, 0.29) is 37.4 Å². The average molecular weight is 447 g/mol. The second kappa shape index (κ2) is 11.2. The van der Waals surface area contributed by atoms with Gasteiger partial charge in [0.15, 0.2) is 0 Å². The summed E-state index contributed by atoms with van der Waals surface area (Å²) in [6.45, 7) is 3.22. The Morgan fingerprint density at radius 1 is 0.933 bits per heavy atom. The first-order valence-electron chi connectivity index (χ1n) is 10.8. The number of likely N-dealkylation sites (tertiary alicyclic amines) is 1. The second-order valence-corrected chi connectivity index (χ2v) is 8.51. The highest BCUT2D eigenvalue weighted by Gasteiger charge is 2.45. The fourth-order valence-corrected chi connectivity index (χ4v) is 5.18. The van der Waals surface area contributed by atoms with E-state index in [1.165, 1.54) is 24.0 Å². The molecule has 1 heterocycles. The first-order valence-corrected chi connectivity index (χ1v) is 10.8. The molecule has 4 rings (SSSR count). The van der Waals surface area contributed by atoms with Crippen molar-refractivity contribution >= 4 is 31.8 Å². The quantitative estimate of drug-likeness (QED) is 0.598. The molecule has 3 nitrogen and oxygen atoms in total. The Labute approximate surface area is 194 Å². The molecule has 30 heavy (non-hydrogen) atoms. The van der Waals surface area contributed by atoms with E-state index in [1.807, 2.05) is 13.1 Å². The minimum absolute atomic E-state index is 0. The minimum atomic E-state index is -0.353. The van der Waals surface area contributed by atoms with Crippen LogP contribution in [0.5, 0.6) is 0 Å². The van der Waals surface area contributed by atoms with Gasteiger partial charge in [0.05, 0.1) is 11.5 Å². The van der Waals surface area contributed by atoms with Gasteiger partial charge in [0.1, 0.15) is 0 Å². The third-order valence-corrected chi connectivity index (χ3v) is 6.79. The highest BCUT2D eigenvalue weighted by molar-refractivity contribution is 7.59. The van der Waals surface area contributed by atoms with Crippen molar-refractivity contribution in [2.24, 2.45) is 0 Å². The minimum Gasteiger partial charge on any atom is -0.337 e. The van der Waals surface area contributed by atoms with Crippen LogP contribution < -0.4 is 0 Å². The number of rotatable bonds is 6. The molecule has 0 radical (unpaired) electrons. The van der Waals surface area contributed by atoms with E-state index < -0.39 is 0 Å². The summed E-state index contributed by atoms with van der Waals surface area (Å²) in [7, 11) is 2.03. The SMILES string of the molecule is CN(C(=O)C1(c2ccccc2)CCCC1)[C@H](CN1CCCC1)c1ccccc1.Cl.S. The summed E-state index contributed by atoms with van der Waals surface area (Å²) >= 11 is 0. The van der Waals surface area contributed by atoms with Crippen LogP contribution >= 0.6 is 25.9 Å². The van der Waals surface area contributed by atoms with Crippen LogP contribution in [-0.2, 0) is 10.2 Å². The van der Waals surface area contributed by atoms with Gasteiger partial charge in [-0.1, -0.05) is 73.5 Å². The first kappa shape index (κ1) is 24.8. The molecule has 1 saturated heterocycles. The molecule has 1 amide bonds. The lowest BCUT2D eigenvalue weighted by Crippen LogP contribution is -2.47. The highest BCUT2D eigenvalue weighted by Crippen LogP contribution is 2.43. The van der Waals surface area contributed by atoms with Gasteiger partial charge in [0, 0.05) is 13.6 Å². The van der Waals surface area contributed by atoms with E-state index in [1.54, 1.807) is 0 Å². The van der Waals surface area contributed by atoms with Crippen LogP contribution in [-0.4, -0.2) is 42.4 Å². The lowest BCUT2D eigenvalue weighted by Gasteiger charge is -2.38. The Bertz CT molecular complexity index is 774. The second-order valence-electron chi connectivity index (χ2n) is 8.51. The predicted octanol–water partition coefficient (Wildman–Crippen LogP) is 5.33. The number of carbonyl (C=O) groups is 1. The van der Waals surface area contributed by atoms with Crippen LogP contribution in [0.2, 0.25) is 0 Å². The molecule has 2 aromatic carbocycles. The van der Waals surface area contributed by atoms with E-state index >= 15 is 0 Å². The molecule has 0 aromatic heterocycles. The summed E-state index contributed by atoms with van der Waals surface area (Å²) < 4.78 is 0. The van der Waals surface area contributed by atoms with Crippen LogP contribution in [0.25, 0.3) is 0 Å². The Balaban J connectivity index is 0.00000160. The van der Waals surface area contributed by atoms with Crippen molar-refractivity contribution in [2.75, 3.05) is 26.7 Å². The molecule has 1 aliphatic carbocycles. The largest absolute Gasteiger partial charge is 0.337 e. The van der Waals surface area contributed by atoms with Crippen LogP contribution in [0.3, 0.4) is 0 Å². The Hall–Kier alpha value is -1.49. The van der Waals surface area contributed by atoms with Crippen LogP contribution in [0.1, 0.15) is 55.7 Å².